The van der Waals surface area contributed by atoms with Crippen LogP contribution in [0.15, 0.2) is 47.0 Å². The van der Waals surface area contributed by atoms with E-state index in [0.717, 1.165) is 23.1 Å². The van der Waals surface area contributed by atoms with Gasteiger partial charge in [-0.05, 0) is 73.6 Å². The number of carbonyl (C=O) groups excluding carboxylic acids is 1. The van der Waals surface area contributed by atoms with Crippen molar-refractivity contribution in [3.63, 3.8) is 0 Å². The first kappa shape index (κ1) is 19.1. The summed E-state index contributed by atoms with van der Waals surface area (Å²) >= 11 is 0. The molecule has 0 spiro atoms. The Hall–Kier alpha value is -3.21. The van der Waals surface area contributed by atoms with E-state index < -0.39 is 0 Å². The molecule has 0 radical (unpaired) electrons. The molecule has 0 amide bonds. The van der Waals surface area contributed by atoms with Crippen LogP contribution in [0, 0.1) is 13.8 Å². The minimum absolute atomic E-state index is 0.158. The van der Waals surface area contributed by atoms with Crippen LogP contribution in [0.2, 0.25) is 0 Å². The zero-order chi connectivity index (χ0) is 20.4. The van der Waals surface area contributed by atoms with Crippen molar-refractivity contribution in [2.24, 2.45) is 0 Å². The van der Waals surface area contributed by atoms with Crippen molar-refractivity contribution in [2.75, 3.05) is 6.61 Å². The highest BCUT2D eigenvalue weighted by molar-refractivity contribution is 5.82. The molecule has 3 aromatic rings. The number of allylic oxidation sites excluding steroid dienone is 2. The average molecular weight is 388 g/mol. The fourth-order valence-corrected chi connectivity index (χ4v) is 3.68. The lowest BCUT2D eigenvalue weighted by Gasteiger charge is -2.08. The SMILES string of the molecule is CCOC(=O)CCC1=CCc2c1cccc2-c1noc(-c2ccc(C)c(C)c2)n1. The van der Waals surface area contributed by atoms with Crippen LogP contribution in [0.5, 0.6) is 0 Å². The molecule has 148 valence electrons. The number of hydrogen-bond donors (Lipinski definition) is 0. The van der Waals surface area contributed by atoms with Crippen LogP contribution in [0.3, 0.4) is 0 Å². The van der Waals surface area contributed by atoms with Gasteiger partial charge in [-0.25, -0.2) is 0 Å². The lowest BCUT2D eigenvalue weighted by Crippen LogP contribution is -2.03. The standard InChI is InChI=1S/C24H24N2O3/c1-4-28-22(27)13-11-17-10-12-20-19(17)6-5-7-21(20)23-25-24(29-26-23)18-9-8-15(2)16(3)14-18/h5-10,14H,4,11-13H2,1-3H3. The van der Waals surface area contributed by atoms with Gasteiger partial charge in [-0.2, -0.15) is 4.98 Å². The lowest BCUT2D eigenvalue weighted by atomic mass is 9.98. The van der Waals surface area contributed by atoms with Gasteiger partial charge in [0.05, 0.1) is 6.61 Å². The van der Waals surface area contributed by atoms with Crippen LogP contribution in [0.1, 0.15) is 42.0 Å². The van der Waals surface area contributed by atoms with Crippen molar-refractivity contribution in [3.8, 4) is 22.8 Å². The monoisotopic (exact) mass is 388 g/mol. The molecule has 1 heterocycles. The Labute approximate surface area is 170 Å². The molecule has 1 aliphatic rings. The summed E-state index contributed by atoms with van der Waals surface area (Å²) in [5.41, 5.74) is 7.83. The van der Waals surface area contributed by atoms with E-state index in [1.165, 1.54) is 22.3 Å². The van der Waals surface area contributed by atoms with E-state index in [1.54, 1.807) is 0 Å². The Morgan fingerprint density at radius 3 is 2.76 bits per heavy atom. The number of ether oxygens (including phenoxy) is 1. The number of aryl methyl sites for hydroxylation is 2. The molecule has 29 heavy (non-hydrogen) atoms. The first-order valence-corrected chi connectivity index (χ1v) is 9.95. The molecule has 1 aliphatic carbocycles. The summed E-state index contributed by atoms with van der Waals surface area (Å²) < 4.78 is 10.6. The molecule has 0 unspecified atom stereocenters. The van der Waals surface area contributed by atoms with E-state index in [2.05, 4.69) is 48.3 Å². The van der Waals surface area contributed by atoms with Crippen LogP contribution in [-0.2, 0) is 16.0 Å². The average Bonchev–Trinajstić information content (AvgIpc) is 3.36. The van der Waals surface area contributed by atoms with Crippen LogP contribution in [0.4, 0.5) is 0 Å². The van der Waals surface area contributed by atoms with Gasteiger partial charge in [0.15, 0.2) is 0 Å². The van der Waals surface area contributed by atoms with Gasteiger partial charge in [0, 0.05) is 17.5 Å². The number of aromatic nitrogens is 2. The highest BCUT2D eigenvalue weighted by Gasteiger charge is 2.21. The van der Waals surface area contributed by atoms with Crippen LogP contribution < -0.4 is 0 Å². The summed E-state index contributed by atoms with van der Waals surface area (Å²) in [6, 6.07) is 12.3. The van der Waals surface area contributed by atoms with Gasteiger partial charge >= 0.3 is 5.97 Å². The maximum Gasteiger partial charge on any atom is 0.306 e. The normalized spacial score (nSPS) is 12.6. The molecule has 0 bridgehead atoms. The number of fused-ring (bicyclic) bond motifs is 1. The Kier molecular flexibility index (Phi) is 5.30. The Bertz CT molecular complexity index is 1100. The van der Waals surface area contributed by atoms with Crippen molar-refractivity contribution in [3.05, 3.63) is 64.7 Å². The Morgan fingerprint density at radius 1 is 1.14 bits per heavy atom. The van der Waals surface area contributed by atoms with Crippen molar-refractivity contribution in [1.82, 2.24) is 10.1 Å². The third-order valence-electron chi connectivity index (χ3n) is 5.40. The number of nitrogens with zero attached hydrogens (tertiary/aromatic N) is 2. The summed E-state index contributed by atoms with van der Waals surface area (Å²) in [6.07, 6.45) is 4.05. The number of esters is 1. The molecule has 0 saturated heterocycles. The third-order valence-corrected chi connectivity index (χ3v) is 5.40. The van der Waals surface area contributed by atoms with E-state index in [1.807, 2.05) is 25.1 Å². The molecule has 5 heteroatoms. The second kappa shape index (κ2) is 8.03. The van der Waals surface area contributed by atoms with Gasteiger partial charge in [-0.15, -0.1) is 0 Å². The Morgan fingerprint density at radius 2 is 1.97 bits per heavy atom. The quantitative estimate of drug-likeness (QED) is 0.536. The van der Waals surface area contributed by atoms with Gasteiger partial charge in [-0.3, -0.25) is 4.79 Å². The van der Waals surface area contributed by atoms with E-state index in [9.17, 15) is 4.79 Å². The van der Waals surface area contributed by atoms with Crippen LogP contribution >= 0.6 is 0 Å². The minimum Gasteiger partial charge on any atom is -0.466 e. The Balaban J connectivity index is 1.58. The van der Waals surface area contributed by atoms with E-state index in [-0.39, 0.29) is 5.97 Å². The maximum absolute atomic E-state index is 11.7. The topological polar surface area (TPSA) is 65.2 Å². The van der Waals surface area contributed by atoms with Crippen LogP contribution in [-0.4, -0.2) is 22.7 Å². The molecule has 2 aromatic carbocycles. The molecular weight excluding hydrogens is 364 g/mol. The number of rotatable bonds is 6. The zero-order valence-corrected chi connectivity index (χ0v) is 17.0. The molecule has 4 rings (SSSR count). The first-order valence-electron chi connectivity index (χ1n) is 9.95. The summed E-state index contributed by atoms with van der Waals surface area (Å²) in [6.45, 7) is 6.40. The number of carbonyl (C=O) groups is 1. The van der Waals surface area contributed by atoms with Gasteiger partial charge in [-0.1, -0.05) is 35.5 Å². The van der Waals surface area contributed by atoms with Gasteiger partial charge in [0.25, 0.3) is 5.89 Å². The predicted octanol–water partition coefficient (Wildman–Crippen LogP) is 5.30. The van der Waals surface area contributed by atoms with E-state index in [0.29, 0.717) is 31.2 Å². The predicted molar refractivity (Wildman–Crippen MR) is 112 cm³/mol. The molecule has 1 aromatic heterocycles. The van der Waals surface area contributed by atoms with Crippen molar-refractivity contribution in [2.45, 2.75) is 40.0 Å². The lowest BCUT2D eigenvalue weighted by molar-refractivity contribution is -0.142. The summed E-state index contributed by atoms with van der Waals surface area (Å²) in [5.74, 6) is 0.957. The molecule has 0 fully saturated rings. The van der Waals surface area contributed by atoms with Gasteiger partial charge < -0.3 is 9.26 Å². The number of hydrogen-bond acceptors (Lipinski definition) is 5. The van der Waals surface area contributed by atoms with E-state index >= 15 is 0 Å². The van der Waals surface area contributed by atoms with Crippen molar-refractivity contribution in [1.29, 1.82) is 0 Å². The second-order valence-corrected chi connectivity index (χ2v) is 7.29. The van der Waals surface area contributed by atoms with E-state index in [4.69, 9.17) is 9.26 Å². The fourth-order valence-electron chi connectivity index (χ4n) is 3.68. The molecule has 0 saturated carbocycles. The molecule has 5 nitrogen and oxygen atoms in total. The summed E-state index contributed by atoms with van der Waals surface area (Å²) in [5, 5.41) is 4.23. The summed E-state index contributed by atoms with van der Waals surface area (Å²) in [7, 11) is 0. The van der Waals surface area contributed by atoms with Crippen molar-refractivity contribution < 1.29 is 14.1 Å². The minimum atomic E-state index is -0.158. The summed E-state index contributed by atoms with van der Waals surface area (Å²) in [4.78, 5) is 16.3. The third kappa shape index (κ3) is 3.86. The maximum atomic E-state index is 11.7. The second-order valence-electron chi connectivity index (χ2n) is 7.29. The van der Waals surface area contributed by atoms with Crippen LogP contribution in [0.25, 0.3) is 28.4 Å². The highest BCUT2D eigenvalue weighted by Crippen LogP contribution is 2.36. The zero-order valence-electron chi connectivity index (χ0n) is 17.0. The largest absolute Gasteiger partial charge is 0.466 e. The van der Waals surface area contributed by atoms with Crippen molar-refractivity contribution >= 4 is 11.5 Å². The fraction of sp³-hybridized carbons (Fsp3) is 0.292. The molecule has 0 atom stereocenters. The molecular formula is C24H24N2O3. The molecule has 0 aliphatic heterocycles. The molecule has 0 N–H and O–H groups in total. The first-order chi connectivity index (χ1) is 14.1. The smallest absolute Gasteiger partial charge is 0.306 e. The van der Waals surface area contributed by atoms with Gasteiger partial charge in [0.1, 0.15) is 0 Å². The van der Waals surface area contributed by atoms with Gasteiger partial charge in [0.2, 0.25) is 5.82 Å². The number of benzene rings is 2. The highest BCUT2D eigenvalue weighted by atomic mass is 16.5.